The number of rotatable bonds is 6. The number of alkyl halides is 2. The zero-order valence-corrected chi connectivity index (χ0v) is 17.8. The van der Waals surface area contributed by atoms with Crippen LogP contribution in [-0.4, -0.2) is 34.7 Å². The molecule has 8 heteroatoms. The molecular weight excluding hydrogens is 430 g/mol. The first-order valence-corrected chi connectivity index (χ1v) is 10.7. The van der Waals surface area contributed by atoms with Crippen LogP contribution < -0.4 is 10.2 Å². The minimum absolute atomic E-state index is 0.103. The van der Waals surface area contributed by atoms with Gasteiger partial charge in [0.1, 0.15) is 18.6 Å². The van der Waals surface area contributed by atoms with Crippen molar-refractivity contribution in [3.05, 3.63) is 99.1 Å². The maximum atomic E-state index is 13.0. The van der Waals surface area contributed by atoms with Crippen LogP contribution in [0.25, 0.3) is 0 Å². The molecule has 0 unspecified atom stereocenters. The predicted octanol–water partition coefficient (Wildman–Crippen LogP) is 3.83. The highest BCUT2D eigenvalue weighted by atomic mass is 19.3. The van der Waals surface area contributed by atoms with E-state index in [0.717, 1.165) is 23.6 Å². The standard InChI is InChI=1S/C25H22F2N2O4/c26-25(27)15-29(16-25)24(31)18-7-5-17(6-8-18)13-33-23-14-32-21(9-22(23)30)12-28-10-19-3-1-2-4-20(19)11-28/h1-9,14H,10-13,15-16H2. The van der Waals surface area contributed by atoms with Crippen molar-refractivity contribution in [3.63, 3.8) is 0 Å². The molecule has 0 radical (unpaired) electrons. The first-order valence-electron chi connectivity index (χ1n) is 10.7. The largest absolute Gasteiger partial charge is 0.482 e. The Morgan fingerprint density at radius 2 is 1.70 bits per heavy atom. The van der Waals surface area contributed by atoms with Gasteiger partial charge in [-0.05, 0) is 28.8 Å². The van der Waals surface area contributed by atoms with Crippen LogP contribution in [-0.2, 0) is 26.2 Å². The summed E-state index contributed by atoms with van der Waals surface area (Å²) in [4.78, 5) is 27.9. The van der Waals surface area contributed by atoms with E-state index in [1.807, 2.05) is 12.1 Å². The van der Waals surface area contributed by atoms with E-state index in [0.29, 0.717) is 17.9 Å². The lowest BCUT2D eigenvalue weighted by atomic mass is 10.1. The van der Waals surface area contributed by atoms with Gasteiger partial charge in [-0.3, -0.25) is 14.5 Å². The van der Waals surface area contributed by atoms with E-state index >= 15 is 0 Å². The number of amides is 1. The number of likely N-dealkylation sites (tertiary alicyclic amines) is 1. The summed E-state index contributed by atoms with van der Waals surface area (Å²) in [5.74, 6) is -2.55. The monoisotopic (exact) mass is 452 g/mol. The van der Waals surface area contributed by atoms with Crippen molar-refractivity contribution in [2.45, 2.75) is 32.2 Å². The molecule has 1 fully saturated rings. The predicted molar refractivity (Wildman–Crippen MR) is 116 cm³/mol. The van der Waals surface area contributed by atoms with Gasteiger partial charge in [0.15, 0.2) is 0 Å². The average molecular weight is 452 g/mol. The molecule has 1 amide bonds. The molecule has 2 aliphatic rings. The van der Waals surface area contributed by atoms with Gasteiger partial charge in [0, 0.05) is 24.7 Å². The average Bonchev–Trinajstić information content (AvgIpc) is 3.19. The van der Waals surface area contributed by atoms with Crippen molar-refractivity contribution in [3.8, 4) is 5.75 Å². The zero-order valence-electron chi connectivity index (χ0n) is 17.8. The zero-order chi connectivity index (χ0) is 23.0. The Morgan fingerprint density at radius 3 is 2.30 bits per heavy atom. The lowest BCUT2D eigenvalue weighted by molar-refractivity contribution is -0.113. The molecule has 0 spiro atoms. The Kier molecular flexibility index (Phi) is 5.46. The molecule has 1 aromatic heterocycles. The lowest BCUT2D eigenvalue weighted by Gasteiger charge is -2.38. The van der Waals surface area contributed by atoms with E-state index in [1.54, 1.807) is 24.3 Å². The molecule has 2 aromatic carbocycles. The van der Waals surface area contributed by atoms with Gasteiger partial charge >= 0.3 is 0 Å². The van der Waals surface area contributed by atoms with E-state index in [-0.39, 0.29) is 17.8 Å². The molecule has 0 N–H and O–H groups in total. The first-order chi connectivity index (χ1) is 15.9. The summed E-state index contributed by atoms with van der Waals surface area (Å²) < 4.78 is 37.1. The van der Waals surface area contributed by atoms with Crippen molar-refractivity contribution in [1.29, 1.82) is 0 Å². The minimum Gasteiger partial charge on any atom is -0.482 e. The van der Waals surface area contributed by atoms with Crippen LogP contribution in [0, 0.1) is 0 Å². The van der Waals surface area contributed by atoms with E-state index in [9.17, 15) is 18.4 Å². The Labute approximate surface area is 189 Å². The van der Waals surface area contributed by atoms with Gasteiger partial charge in [-0.2, -0.15) is 0 Å². The van der Waals surface area contributed by atoms with Crippen molar-refractivity contribution in [2.24, 2.45) is 0 Å². The number of hydrogen-bond donors (Lipinski definition) is 0. The van der Waals surface area contributed by atoms with Crippen LogP contribution in [0.1, 0.15) is 32.8 Å². The molecule has 33 heavy (non-hydrogen) atoms. The maximum absolute atomic E-state index is 13.0. The van der Waals surface area contributed by atoms with Gasteiger partial charge in [0.2, 0.25) is 11.2 Å². The number of halogens is 2. The Hall–Kier alpha value is -3.52. The summed E-state index contributed by atoms with van der Waals surface area (Å²) in [5.41, 5.74) is 3.38. The Bertz CT molecular complexity index is 1210. The Balaban J connectivity index is 1.15. The molecule has 3 aromatic rings. The molecule has 0 atom stereocenters. The van der Waals surface area contributed by atoms with Crippen LogP contribution in [0.3, 0.4) is 0 Å². The fourth-order valence-corrected chi connectivity index (χ4v) is 4.11. The second-order valence-electron chi connectivity index (χ2n) is 8.49. The third kappa shape index (κ3) is 4.66. The number of carbonyl (C=O) groups is 1. The van der Waals surface area contributed by atoms with Crippen LogP contribution in [0.15, 0.2) is 70.1 Å². The second kappa shape index (κ2) is 8.44. The molecule has 170 valence electrons. The lowest BCUT2D eigenvalue weighted by Crippen LogP contribution is -2.58. The van der Waals surface area contributed by atoms with Gasteiger partial charge in [0.05, 0.1) is 19.6 Å². The van der Waals surface area contributed by atoms with Crippen LogP contribution in [0.4, 0.5) is 8.78 Å². The molecule has 0 aliphatic carbocycles. The maximum Gasteiger partial charge on any atom is 0.282 e. The summed E-state index contributed by atoms with van der Waals surface area (Å²) in [6.07, 6.45) is 1.32. The Morgan fingerprint density at radius 1 is 1.03 bits per heavy atom. The van der Waals surface area contributed by atoms with Crippen molar-refractivity contribution >= 4 is 5.91 Å². The van der Waals surface area contributed by atoms with Gasteiger partial charge in [0.25, 0.3) is 11.8 Å². The number of fused-ring (bicyclic) bond motifs is 1. The highest BCUT2D eigenvalue weighted by molar-refractivity contribution is 5.94. The number of nitrogens with zero attached hydrogens (tertiary/aromatic N) is 2. The van der Waals surface area contributed by atoms with Gasteiger partial charge in [-0.15, -0.1) is 0 Å². The van der Waals surface area contributed by atoms with Crippen molar-refractivity contribution in [1.82, 2.24) is 9.80 Å². The van der Waals surface area contributed by atoms with E-state index in [4.69, 9.17) is 9.15 Å². The summed E-state index contributed by atoms with van der Waals surface area (Å²) in [6.45, 7) is 1.18. The van der Waals surface area contributed by atoms with Gasteiger partial charge < -0.3 is 14.1 Å². The van der Waals surface area contributed by atoms with Crippen LogP contribution in [0.2, 0.25) is 0 Å². The fraction of sp³-hybridized carbons (Fsp3) is 0.280. The topological polar surface area (TPSA) is 63.0 Å². The molecule has 0 bridgehead atoms. The third-order valence-corrected chi connectivity index (χ3v) is 5.86. The molecule has 0 saturated carbocycles. The number of ether oxygens (including phenoxy) is 1. The van der Waals surface area contributed by atoms with E-state index < -0.39 is 24.9 Å². The normalized spacial score (nSPS) is 16.8. The van der Waals surface area contributed by atoms with Crippen molar-refractivity contribution in [2.75, 3.05) is 13.1 Å². The quantitative estimate of drug-likeness (QED) is 0.569. The summed E-state index contributed by atoms with van der Waals surface area (Å²) in [7, 11) is 0. The van der Waals surface area contributed by atoms with E-state index in [2.05, 4.69) is 17.0 Å². The summed E-state index contributed by atoms with van der Waals surface area (Å²) in [5, 5.41) is 0. The van der Waals surface area contributed by atoms with Crippen LogP contribution in [0.5, 0.6) is 5.75 Å². The molecular formula is C25H22F2N2O4. The summed E-state index contributed by atoms with van der Waals surface area (Å²) in [6, 6.07) is 16.2. The molecule has 2 aliphatic heterocycles. The number of hydrogen-bond acceptors (Lipinski definition) is 5. The number of carbonyl (C=O) groups excluding carboxylic acids is 1. The highest BCUT2D eigenvalue weighted by Crippen LogP contribution is 2.28. The highest BCUT2D eigenvalue weighted by Gasteiger charge is 2.46. The molecule has 6 nitrogen and oxygen atoms in total. The minimum atomic E-state index is -2.79. The first kappa shape index (κ1) is 21.3. The molecule has 5 rings (SSSR count). The second-order valence-corrected chi connectivity index (χ2v) is 8.49. The molecule has 3 heterocycles. The summed E-state index contributed by atoms with van der Waals surface area (Å²) >= 11 is 0. The van der Waals surface area contributed by atoms with Gasteiger partial charge in [-0.1, -0.05) is 36.4 Å². The SMILES string of the molecule is O=C(c1ccc(COc2coc(CN3Cc4ccccc4C3)cc2=O)cc1)N1CC(F)(F)C1. The fourth-order valence-electron chi connectivity index (χ4n) is 4.11. The van der Waals surface area contributed by atoms with Crippen LogP contribution >= 0.6 is 0 Å². The molecule has 1 saturated heterocycles. The number of benzene rings is 2. The van der Waals surface area contributed by atoms with Crippen molar-refractivity contribution < 1.29 is 22.7 Å². The van der Waals surface area contributed by atoms with Gasteiger partial charge in [-0.25, -0.2) is 8.78 Å². The third-order valence-electron chi connectivity index (χ3n) is 5.86. The van der Waals surface area contributed by atoms with E-state index in [1.165, 1.54) is 23.5 Å². The smallest absolute Gasteiger partial charge is 0.282 e.